The Balaban J connectivity index is 2.41. The normalized spacial score (nSPS) is 13.9. The highest BCUT2D eigenvalue weighted by Gasteiger charge is 2.23. The zero-order valence-electron chi connectivity index (χ0n) is 11.2. The molecule has 0 heterocycles. The molecule has 0 spiro atoms. The monoisotopic (exact) mass is 267 g/mol. The molecule has 0 bridgehead atoms. The summed E-state index contributed by atoms with van der Waals surface area (Å²) < 4.78 is 0. The van der Waals surface area contributed by atoms with Gasteiger partial charge in [-0.05, 0) is 31.7 Å². The number of nitrogens with one attached hydrogen (secondary N) is 1. The van der Waals surface area contributed by atoms with Crippen molar-refractivity contribution in [1.29, 1.82) is 0 Å². The highest BCUT2D eigenvalue weighted by Crippen LogP contribution is 2.15. The molecule has 0 aromatic heterocycles. The van der Waals surface area contributed by atoms with E-state index in [1.165, 1.54) is 5.56 Å². The lowest BCUT2D eigenvalue weighted by Crippen LogP contribution is -2.45. The molecule has 0 fully saturated rings. The summed E-state index contributed by atoms with van der Waals surface area (Å²) in [4.78, 5) is 11.9. The van der Waals surface area contributed by atoms with Gasteiger partial charge in [0.2, 0.25) is 5.91 Å². The van der Waals surface area contributed by atoms with Crippen molar-refractivity contribution in [3.8, 4) is 0 Å². The third-order valence-electron chi connectivity index (χ3n) is 3.35. The highest BCUT2D eigenvalue weighted by atomic mass is 35.5. The topological polar surface area (TPSA) is 29.1 Å². The van der Waals surface area contributed by atoms with Gasteiger partial charge in [0.05, 0.1) is 0 Å². The van der Waals surface area contributed by atoms with Crippen LogP contribution in [0.3, 0.4) is 0 Å². The maximum atomic E-state index is 11.9. The number of hydrogen-bond acceptors (Lipinski definition) is 1. The van der Waals surface area contributed by atoms with Crippen molar-refractivity contribution in [2.45, 2.75) is 45.1 Å². The first-order valence-electron chi connectivity index (χ1n) is 6.50. The first kappa shape index (κ1) is 15.0. The van der Waals surface area contributed by atoms with Gasteiger partial charge in [0.15, 0.2) is 0 Å². The summed E-state index contributed by atoms with van der Waals surface area (Å²) in [5.74, 6) is 0.678. The van der Waals surface area contributed by atoms with Gasteiger partial charge in [-0.15, -0.1) is 11.6 Å². The Morgan fingerprint density at radius 2 is 2.00 bits per heavy atom. The molecule has 100 valence electrons. The Hall–Kier alpha value is -1.02. The Morgan fingerprint density at radius 3 is 2.56 bits per heavy atom. The van der Waals surface area contributed by atoms with Gasteiger partial charge < -0.3 is 5.32 Å². The molecule has 1 aromatic rings. The van der Waals surface area contributed by atoms with Gasteiger partial charge >= 0.3 is 0 Å². The van der Waals surface area contributed by atoms with E-state index < -0.39 is 0 Å². The van der Waals surface area contributed by atoms with Crippen LogP contribution in [-0.4, -0.2) is 17.3 Å². The second kappa shape index (κ2) is 7.42. The molecule has 0 aliphatic heterocycles. The zero-order valence-corrected chi connectivity index (χ0v) is 12.0. The zero-order chi connectivity index (χ0) is 13.4. The summed E-state index contributed by atoms with van der Waals surface area (Å²) >= 11 is 5.77. The number of amides is 1. The summed E-state index contributed by atoms with van der Waals surface area (Å²) in [7, 11) is 0. The molecule has 1 atom stereocenters. The van der Waals surface area contributed by atoms with Crippen molar-refractivity contribution >= 4 is 17.5 Å². The number of rotatable bonds is 7. The second-order valence-electron chi connectivity index (χ2n) is 4.89. The number of hydrogen-bond donors (Lipinski definition) is 1. The molecule has 1 N–H and O–H groups in total. The van der Waals surface area contributed by atoms with E-state index in [4.69, 9.17) is 11.6 Å². The lowest BCUT2D eigenvalue weighted by molar-refractivity contribution is -0.122. The maximum Gasteiger partial charge on any atom is 0.220 e. The number of halogens is 1. The quantitative estimate of drug-likeness (QED) is 0.753. The third-order valence-corrected chi connectivity index (χ3v) is 3.54. The molecule has 1 aromatic carbocycles. The SMILES string of the molecule is CCC(C)(CCCl)NC(=O)CCc1ccccc1. The highest BCUT2D eigenvalue weighted by molar-refractivity contribution is 6.17. The minimum Gasteiger partial charge on any atom is -0.351 e. The average molecular weight is 268 g/mol. The fourth-order valence-electron chi connectivity index (χ4n) is 1.84. The van der Waals surface area contributed by atoms with Crippen molar-refractivity contribution in [3.63, 3.8) is 0 Å². The van der Waals surface area contributed by atoms with Crippen LogP contribution >= 0.6 is 11.6 Å². The Kier molecular flexibility index (Phi) is 6.20. The predicted molar refractivity (Wildman–Crippen MR) is 76.9 cm³/mol. The number of carbonyl (C=O) groups excluding carboxylic acids is 1. The van der Waals surface area contributed by atoms with Gasteiger partial charge in [0.25, 0.3) is 0 Å². The first-order chi connectivity index (χ1) is 8.59. The molecule has 1 amide bonds. The van der Waals surface area contributed by atoms with Crippen molar-refractivity contribution in [3.05, 3.63) is 35.9 Å². The summed E-state index contributed by atoms with van der Waals surface area (Å²) in [6.07, 6.45) is 3.02. The van der Waals surface area contributed by atoms with Crippen LogP contribution in [0.1, 0.15) is 38.7 Å². The molecule has 2 nitrogen and oxygen atoms in total. The molecule has 0 aliphatic rings. The van der Waals surface area contributed by atoms with E-state index in [2.05, 4.69) is 19.2 Å². The lowest BCUT2D eigenvalue weighted by Gasteiger charge is -2.29. The second-order valence-corrected chi connectivity index (χ2v) is 5.26. The van der Waals surface area contributed by atoms with E-state index >= 15 is 0 Å². The molecule has 0 saturated carbocycles. The Bertz CT molecular complexity index is 366. The number of alkyl halides is 1. The molecular formula is C15H22ClNO. The van der Waals surface area contributed by atoms with Crippen molar-refractivity contribution in [2.75, 3.05) is 5.88 Å². The molecular weight excluding hydrogens is 246 g/mol. The van der Waals surface area contributed by atoms with Gasteiger partial charge in [-0.25, -0.2) is 0 Å². The minimum absolute atomic E-state index is 0.105. The molecule has 3 heteroatoms. The van der Waals surface area contributed by atoms with Crippen LogP contribution in [0.5, 0.6) is 0 Å². The van der Waals surface area contributed by atoms with E-state index in [0.717, 1.165) is 19.3 Å². The standard InChI is InChI=1S/C15H22ClNO/c1-3-15(2,11-12-16)17-14(18)10-9-13-7-5-4-6-8-13/h4-8H,3,9-12H2,1-2H3,(H,17,18). The van der Waals surface area contributed by atoms with Crippen LogP contribution in [0.4, 0.5) is 0 Å². The fraction of sp³-hybridized carbons (Fsp3) is 0.533. The van der Waals surface area contributed by atoms with Crippen LogP contribution in [-0.2, 0) is 11.2 Å². The van der Waals surface area contributed by atoms with E-state index in [1.54, 1.807) is 0 Å². The Labute approximate surface area is 115 Å². The van der Waals surface area contributed by atoms with E-state index in [1.807, 2.05) is 30.3 Å². The molecule has 0 aliphatic carbocycles. The van der Waals surface area contributed by atoms with Crippen LogP contribution < -0.4 is 5.32 Å². The Morgan fingerprint density at radius 1 is 1.33 bits per heavy atom. The van der Waals surface area contributed by atoms with Gasteiger partial charge in [-0.2, -0.15) is 0 Å². The van der Waals surface area contributed by atoms with E-state index in [-0.39, 0.29) is 11.4 Å². The van der Waals surface area contributed by atoms with Crippen LogP contribution in [0.25, 0.3) is 0 Å². The largest absolute Gasteiger partial charge is 0.351 e. The molecule has 1 rings (SSSR count). The minimum atomic E-state index is -0.171. The van der Waals surface area contributed by atoms with Gasteiger partial charge in [0, 0.05) is 17.8 Å². The van der Waals surface area contributed by atoms with Crippen molar-refractivity contribution < 1.29 is 4.79 Å². The third kappa shape index (κ3) is 5.09. The summed E-state index contributed by atoms with van der Waals surface area (Å²) in [6.45, 7) is 4.12. The van der Waals surface area contributed by atoms with Crippen molar-refractivity contribution in [2.24, 2.45) is 0 Å². The van der Waals surface area contributed by atoms with E-state index in [0.29, 0.717) is 12.3 Å². The van der Waals surface area contributed by atoms with E-state index in [9.17, 15) is 4.79 Å². The summed E-state index contributed by atoms with van der Waals surface area (Å²) in [5, 5.41) is 3.09. The van der Waals surface area contributed by atoms with Gasteiger partial charge in [-0.3, -0.25) is 4.79 Å². The molecule has 18 heavy (non-hydrogen) atoms. The average Bonchev–Trinajstić information content (AvgIpc) is 2.38. The van der Waals surface area contributed by atoms with Crippen LogP contribution in [0.15, 0.2) is 30.3 Å². The van der Waals surface area contributed by atoms with Crippen LogP contribution in [0.2, 0.25) is 0 Å². The number of benzene rings is 1. The molecule has 0 saturated heterocycles. The molecule has 1 unspecified atom stereocenters. The smallest absolute Gasteiger partial charge is 0.220 e. The number of carbonyl (C=O) groups is 1. The first-order valence-corrected chi connectivity index (χ1v) is 7.04. The van der Waals surface area contributed by atoms with Crippen LogP contribution in [0, 0.1) is 0 Å². The summed E-state index contributed by atoms with van der Waals surface area (Å²) in [5.41, 5.74) is 1.03. The predicted octanol–water partition coefficient (Wildman–Crippen LogP) is 3.53. The number of aryl methyl sites for hydroxylation is 1. The maximum absolute atomic E-state index is 11.9. The fourth-order valence-corrected chi connectivity index (χ4v) is 2.25. The van der Waals surface area contributed by atoms with Crippen molar-refractivity contribution in [1.82, 2.24) is 5.32 Å². The van der Waals surface area contributed by atoms with Gasteiger partial charge in [0.1, 0.15) is 0 Å². The summed E-state index contributed by atoms with van der Waals surface area (Å²) in [6, 6.07) is 10.1. The molecule has 0 radical (unpaired) electrons. The lowest BCUT2D eigenvalue weighted by atomic mass is 9.95. The van der Waals surface area contributed by atoms with Gasteiger partial charge in [-0.1, -0.05) is 37.3 Å².